The van der Waals surface area contributed by atoms with Gasteiger partial charge in [0.2, 0.25) is 0 Å². The third-order valence-corrected chi connectivity index (χ3v) is 8.64. The van der Waals surface area contributed by atoms with Crippen molar-refractivity contribution in [3.8, 4) is 0 Å². The third kappa shape index (κ3) is 4.18. The number of aryl methyl sites for hydroxylation is 2. The Bertz CT molecular complexity index is 1230. The summed E-state index contributed by atoms with van der Waals surface area (Å²) in [6.07, 6.45) is 12.0. The number of alkyl halides is 1. The van der Waals surface area contributed by atoms with Gasteiger partial charge in [0, 0.05) is 9.30 Å². The summed E-state index contributed by atoms with van der Waals surface area (Å²) in [5.41, 5.74) is 10.8. The van der Waals surface area contributed by atoms with Crippen LogP contribution in [0.15, 0.2) is 88.9 Å². The molecule has 2 atom stereocenters. The van der Waals surface area contributed by atoms with Gasteiger partial charge in [0.25, 0.3) is 0 Å². The molecule has 5 rings (SSSR count). The second-order valence-electron chi connectivity index (χ2n) is 9.78. The molecule has 0 fully saturated rings. The Hall–Kier alpha value is -1.90. The van der Waals surface area contributed by atoms with Gasteiger partial charge in [-0.15, -0.1) is 0 Å². The van der Waals surface area contributed by atoms with Gasteiger partial charge in [0.05, 0.1) is 5.41 Å². The fraction of sp³-hybridized carbons (Fsp3) is 0.312. The molecule has 34 heavy (non-hydrogen) atoms. The molecular weight excluding hydrogens is 544 g/mol. The quantitative estimate of drug-likeness (QED) is 0.194. The molecule has 0 heterocycles. The van der Waals surface area contributed by atoms with Crippen LogP contribution in [0.5, 0.6) is 0 Å². The van der Waals surface area contributed by atoms with Crippen LogP contribution in [-0.4, -0.2) is 4.83 Å². The summed E-state index contributed by atoms with van der Waals surface area (Å²) >= 11 is 7.71. The highest BCUT2D eigenvalue weighted by Crippen LogP contribution is 2.58. The van der Waals surface area contributed by atoms with Gasteiger partial charge in [-0.1, -0.05) is 130 Å². The van der Waals surface area contributed by atoms with Gasteiger partial charge in [-0.2, -0.15) is 0 Å². The van der Waals surface area contributed by atoms with Crippen molar-refractivity contribution in [2.24, 2.45) is 0 Å². The lowest BCUT2D eigenvalue weighted by Gasteiger charge is -2.37. The maximum Gasteiger partial charge on any atom is 0.0677 e. The van der Waals surface area contributed by atoms with Gasteiger partial charge >= 0.3 is 0 Å². The Morgan fingerprint density at radius 3 is 2.29 bits per heavy atom. The Labute approximate surface area is 221 Å². The number of rotatable bonds is 7. The van der Waals surface area contributed by atoms with E-state index in [9.17, 15) is 0 Å². The molecule has 0 N–H and O–H groups in total. The van der Waals surface area contributed by atoms with Crippen molar-refractivity contribution >= 4 is 37.4 Å². The maximum atomic E-state index is 3.91. The van der Waals surface area contributed by atoms with Crippen molar-refractivity contribution in [2.45, 2.75) is 62.6 Å². The number of benzene rings is 3. The molecular formula is C32H32Br2. The minimum Gasteiger partial charge on any atom is -0.0842 e. The van der Waals surface area contributed by atoms with Crippen molar-refractivity contribution in [1.82, 2.24) is 0 Å². The molecule has 2 aliphatic rings. The van der Waals surface area contributed by atoms with Crippen molar-refractivity contribution in [1.29, 1.82) is 0 Å². The van der Waals surface area contributed by atoms with E-state index < -0.39 is 0 Å². The smallest absolute Gasteiger partial charge is 0.0677 e. The summed E-state index contributed by atoms with van der Waals surface area (Å²) < 4.78 is 1.13. The lowest BCUT2D eigenvalue weighted by molar-refractivity contribution is 0.665. The third-order valence-electron chi connectivity index (χ3n) is 7.51. The first-order valence-electron chi connectivity index (χ1n) is 12.6. The van der Waals surface area contributed by atoms with Crippen LogP contribution in [0.2, 0.25) is 0 Å². The van der Waals surface area contributed by atoms with Crippen molar-refractivity contribution in [2.75, 3.05) is 0 Å². The van der Waals surface area contributed by atoms with Crippen LogP contribution in [0.3, 0.4) is 0 Å². The number of hydrogen-bond donors (Lipinski definition) is 0. The van der Waals surface area contributed by atoms with E-state index in [1.165, 1.54) is 76.6 Å². The first-order chi connectivity index (χ1) is 16.5. The van der Waals surface area contributed by atoms with E-state index in [0.717, 1.165) is 10.9 Å². The molecule has 0 saturated heterocycles. The van der Waals surface area contributed by atoms with Crippen molar-refractivity contribution in [3.63, 3.8) is 0 Å². The summed E-state index contributed by atoms with van der Waals surface area (Å²) in [6, 6.07) is 25.6. The van der Waals surface area contributed by atoms with Gasteiger partial charge in [-0.3, -0.25) is 0 Å². The van der Waals surface area contributed by atoms with Crippen molar-refractivity contribution < 1.29 is 0 Å². The summed E-state index contributed by atoms with van der Waals surface area (Å²) in [7, 11) is 0. The van der Waals surface area contributed by atoms with Crippen LogP contribution in [-0.2, 0) is 11.8 Å². The number of allylic oxidation sites excluding steroid dienone is 4. The van der Waals surface area contributed by atoms with Crippen LogP contribution in [0.1, 0.15) is 72.4 Å². The van der Waals surface area contributed by atoms with Gasteiger partial charge in [-0.05, 0) is 77.3 Å². The van der Waals surface area contributed by atoms with E-state index in [0.29, 0.717) is 4.83 Å². The number of unbranched alkanes of at least 4 members (excludes halogenated alkanes) is 3. The zero-order chi connectivity index (χ0) is 23.7. The topological polar surface area (TPSA) is 0 Å². The molecule has 3 aromatic rings. The summed E-state index contributed by atoms with van der Waals surface area (Å²) in [5, 5.41) is 0. The van der Waals surface area contributed by atoms with E-state index >= 15 is 0 Å². The molecule has 0 nitrogen and oxygen atoms in total. The molecule has 0 spiro atoms. The van der Waals surface area contributed by atoms with E-state index in [4.69, 9.17) is 0 Å². The zero-order valence-corrected chi connectivity index (χ0v) is 23.3. The molecule has 174 valence electrons. The highest BCUT2D eigenvalue weighted by atomic mass is 79.9. The Morgan fingerprint density at radius 2 is 1.59 bits per heavy atom. The van der Waals surface area contributed by atoms with Gasteiger partial charge < -0.3 is 0 Å². The summed E-state index contributed by atoms with van der Waals surface area (Å²) in [6.45, 7) is 4.45. The highest BCUT2D eigenvalue weighted by Gasteiger charge is 2.48. The summed E-state index contributed by atoms with van der Waals surface area (Å²) in [5.74, 6) is 0. The van der Waals surface area contributed by atoms with Crippen LogP contribution >= 0.6 is 31.9 Å². The molecule has 0 bridgehead atoms. The molecule has 0 saturated carbocycles. The highest BCUT2D eigenvalue weighted by molar-refractivity contribution is 9.10. The van der Waals surface area contributed by atoms with Crippen LogP contribution in [0.25, 0.3) is 5.57 Å². The number of halogens is 2. The fourth-order valence-electron chi connectivity index (χ4n) is 5.81. The normalized spacial score (nSPS) is 21.0. The number of hydrogen-bond acceptors (Lipinski definition) is 0. The first-order valence-corrected chi connectivity index (χ1v) is 14.3. The minimum absolute atomic E-state index is 0.278. The molecule has 3 aromatic carbocycles. The lowest BCUT2D eigenvalue weighted by atomic mass is 9.65. The average molecular weight is 576 g/mol. The molecule has 2 unspecified atom stereocenters. The van der Waals surface area contributed by atoms with Gasteiger partial charge in [0.15, 0.2) is 0 Å². The monoisotopic (exact) mass is 574 g/mol. The predicted octanol–water partition coefficient (Wildman–Crippen LogP) is 9.71. The number of fused-ring (bicyclic) bond motifs is 2. The van der Waals surface area contributed by atoms with Crippen LogP contribution in [0, 0.1) is 6.92 Å². The standard InChI is InChI=1S/C32H32Br2/c1-3-4-5-6-7-23-10-14-25(15-11-23)32(24-12-8-22(2)9-13-24)30-20-26(33)16-18-28(30)29-19-17-27(34)21-31(29)32/h8-20,27H,3-7,21H2,1-2H3. The van der Waals surface area contributed by atoms with E-state index in [2.05, 4.69) is 125 Å². The zero-order valence-electron chi connectivity index (χ0n) is 20.1. The van der Waals surface area contributed by atoms with Crippen molar-refractivity contribution in [3.05, 3.63) is 122 Å². The molecule has 2 heteroatoms. The summed E-state index contributed by atoms with van der Waals surface area (Å²) in [4.78, 5) is 0.353. The van der Waals surface area contributed by atoms with E-state index in [1.807, 2.05) is 0 Å². The Kier molecular flexibility index (Phi) is 7.00. The SMILES string of the molecule is CCCCCCc1ccc(C2(c3ccc(C)cc3)C3=C(C=CC(Br)C3)c3ccc(Br)cc32)cc1. The van der Waals surface area contributed by atoms with Gasteiger partial charge in [-0.25, -0.2) is 0 Å². The van der Waals surface area contributed by atoms with Crippen LogP contribution < -0.4 is 0 Å². The molecule has 2 aliphatic carbocycles. The minimum atomic E-state index is -0.278. The van der Waals surface area contributed by atoms with Gasteiger partial charge in [0.1, 0.15) is 0 Å². The molecule has 0 aromatic heterocycles. The molecule has 0 radical (unpaired) electrons. The van der Waals surface area contributed by atoms with E-state index in [1.54, 1.807) is 0 Å². The lowest BCUT2D eigenvalue weighted by Crippen LogP contribution is -2.31. The molecule has 0 aliphatic heterocycles. The fourth-order valence-corrected chi connectivity index (χ4v) is 6.65. The second kappa shape index (κ2) is 9.99. The average Bonchev–Trinajstić information content (AvgIpc) is 3.12. The molecule has 0 amide bonds. The van der Waals surface area contributed by atoms with Crippen LogP contribution in [0.4, 0.5) is 0 Å². The Balaban J connectivity index is 1.69. The first kappa shape index (κ1) is 23.8. The Morgan fingerprint density at radius 1 is 0.882 bits per heavy atom. The maximum absolute atomic E-state index is 3.91. The van der Waals surface area contributed by atoms with E-state index in [-0.39, 0.29) is 5.41 Å². The predicted molar refractivity (Wildman–Crippen MR) is 153 cm³/mol. The largest absolute Gasteiger partial charge is 0.0842 e. The second-order valence-corrected chi connectivity index (χ2v) is 11.9.